The van der Waals surface area contributed by atoms with Gasteiger partial charge in [-0.3, -0.25) is 9.59 Å². The van der Waals surface area contributed by atoms with Gasteiger partial charge in [-0.15, -0.1) is 0 Å². The molecule has 0 spiro atoms. The van der Waals surface area contributed by atoms with Crippen molar-refractivity contribution >= 4 is 11.9 Å². The van der Waals surface area contributed by atoms with E-state index in [1.54, 1.807) is 6.07 Å². The first-order valence-electron chi connectivity index (χ1n) is 5.77. The fourth-order valence-electron chi connectivity index (χ4n) is 1.56. The normalized spacial score (nSPS) is 11.9. The first kappa shape index (κ1) is 15.1. The summed E-state index contributed by atoms with van der Waals surface area (Å²) in [5.74, 6) is -1.70. The molecule has 0 heterocycles. The Hall–Kier alpha value is -1.95. The van der Waals surface area contributed by atoms with Gasteiger partial charge in [-0.05, 0) is 17.7 Å². The molecule has 0 fully saturated rings. The zero-order chi connectivity index (χ0) is 14.3. The topological polar surface area (TPSA) is 75.6 Å². The van der Waals surface area contributed by atoms with E-state index in [4.69, 9.17) is 9.84 Å². The van der Waals surface area contributed by atoms with Crippen molar-refractivity contribution in [2.45, 2.75) is 18.9 Å². The van der Waals surface area contributed by atoms with Gasteiger partial charge in [-0.1, -0.05) is 12.1 Å². The lowest BCUT2D eigenvalue weighted by molar-refractivity contribution is -0.140. The lowest BCUT2D eigenvalue weighted by atomic mass is 10.1. The Morgan fingerprint density at radius 2 is 2.21 bits per heavy atom. The summed E-state index contributed by atoms with van der Waals surface area (Å²) in [7, 11) is 1.38. The van der Waals surface area contributed by atoms with Crippen LogP contribution in [0.2, 0.25) is 0 Å². The molecule has 19 heavy (non-hydrogen) atoms. The van der Waals surface area contributed by atoms with Crippen LogP contribution in [0.25, 0.3) is 0 Å². The fourth-order valence-corrected chi connectivity index (χ4v) is 1.56. The average molecular weight is 269 g/mol. The molecule has 5 nitrogen and oxygen atoms in total. The van der Waals surface area contributed by atoms with Gasteiger partial charge in [0.05, 0.1) is 18.9 Å². The lowest BCUT2D eigenvalue weighted by Gasteiger charge is -2.13. The van der Waals surface area contributed by atoms with E-state index in [0.717, 1.165) is 0 Å². The van der Waals surface area contributed by atoms with Crippen molar-refractivity contribution in [1.29, 1.82) is 0 Å². The summed E-state index contributed by atoms with van der Waals surface area (Å²) in [6.45, 7) is 0.108. The van der Waals surface area contributed by atoms with E-state index in [9.17, 15) is 14.0 Å². The molecule has 2 N–H and O–H groups in total. The van der Waals surface area contributed by atoms with Crippen LogP contribution in [0.15, 0.2) is 24.3 Å². The Kier molecular flexibility index (Phi) is 5.95. The number of methoxy groups -OCH3 is 1. The van der Waals surface area contributed by atoms with Crippen LogP contribution in [0, 0.1) is 5.82 Å². The van der Waals surface area contributed by atoms with Crippen LogP contribution in [0.1, 0.15) is 12.0 Å². The first-order valence-corrected chi connectivity index (χ1v) is 5.77. The summed E-state index contributed by atoms with van der Waals surface area (Å²) in [5.41, 5.74) is 0.560. The number of hydrogen-bond donors (Lipinski definition) is 2. The number of carboxylic acids is 1. The van der Waals surface area contributed by atoms with E-state index >= 15 is 0 Å². The van der Waals surface area contributed by atoms with Gasteiger partial charge < -0.3 is 15.2 Å². The van der Waals surface area contributed by atoms with Crippen LogP contribution in [0.4, 0.5) is 4.39 Å². The van der Waals surface area contributed by atoms with Crippen LogP contribution in [0.3, 0.4) is 0 Å². The number of benzene rings is 1. The summed E-state index contributed by atoms with van der Waals surface area (Å²) in [6, 6.07) is 5.76. The second-order valence-corrected chi connectivity index (χ2v) is 4.07. The van der Waals surface area contributed by atoms with E-state index in [2.05, 4.69) is 5.32 Å². The molecule has 0 bridgehead atoms. The van der Waals surface area contributed by atoms with Gasteiger partial charge in [-0.2, -0.15) is 0 Å². The molecule has 1 rings (SSSR count). The Labute approximate surface area is 110 Å². The molecule has 0 aliphatic rings. The highest BCUT2D eigenvalue weighted by Crippen LogP contribution is 2.04. The molecule has 104 valence electrons. The summed E-state index contributed by atoms with van der Waals surface area (Å²) in [4.78, 5) is 22.1. The Bertz CT molecular complexity index is 450. The smallest absolute Gasteiger partial charge is 0.306 e. The molecule has 1 amide bonds. The van der Waals surface area contributed by atoms with Gasteiger partial charge in [0, 0.05) is 13.7 Å². The number of hydrogen-bond acceptors (Lipinski definition) is 3. The summed E-state index contributed by atoms with van der Waals surface area (Å²) in [6.07, 6.45) is -0.716. The Morgan fingerprint density at radius 3 is 2.79 bits per heavy atom. The SMILES string of the molecule is COC(CNC(=O)Cc1cccc(F)c1)CC(=O)O. The van der Waals surface area contributed by atoms with Gasteiger partial charge in [0.15, 0.2) is 0 Å². The van der Waals surface area contributed by atoms with E-state index < -0.39 is 17.9 Å². The highest BCUT2D eigenvalue weighted by molar-refractivity contribution is 5.78. The Balaban J connectivity index is 2.40. The minimum Gasteiger partial charge on any atom is -0.481 e. The number of aliphatic carboxylic acids is 1. The third-order valence-electron chi connectivity index (χ3n) is 2.52. The van der Waals surface area contributed by atoms with Crippen LogP contribution in [0.5, 0.6) is 0 Å². The molecule has 0 aliphatic heterocycles. The van der Waals surface area contributed by atoms with Crippen molar-refractivity contribution in [1.82, 2.24) is 5.32 Å². The number of nitrogens with one attached hydrogen (secondary N) is 1. The van der Waals surface area contributed by atoms with Crippen LogP contribution in [-0.2, 0) is 20.7 Å². The van der Waals surface area contributed by atoms with Gasteiger partial charge >= 0.3 is 5.97 Å². The highest BCUT2D eigenvalue weighted by Gasteiger charge is 2.13. The highest BCUT2D eigenvalue weighted by atomic mass is 19.1. The number of ether oxygens (including phenoxy) is 1. The lowest BCUT2D eigenvalue weighted by Crippen LogP contribution is -2.35. The summed E-state index contributed by atoms with van der Waals surface area (Å²) >= 11 is 0. The number of carboxylic acid groups (broad SMARTS) is 1. The van der Waals surface area contributed by atoms with Gasteiger partial charge in [0.1, 0.15) is 5.82 Å². The second-order valence-electron chi connectivity index (χ2n) is 4.07. The predicted octanol–water partition coefficient (Wildman–Crippen LogP) is 0.974. The maximum atomic E-state index is 12.9. The molecule has 0 radical (unpaired) electrons. The molecule has 0 aliphatic carbocycles. The maximum Gasteiger partial charge on any atom is 0.306 e. The van der Waals surface area contributed by atoms with Gasteiger partial charge in [0.25, 0.3) is 0 Å². The molecule has 1 atom stereocenters. The number of carbonyl (C=O) groups excluding carboxylic acids is 1. The zero-order valence-corrected chi connectivity index (χ0v) is 10.6. The van der Waals surface area contributed by atoms with Gasteiger partial charge in [-0.25, -0.2) is 4.39 Å². The fraction of sp³-hybridized carbons (Fsp3) is 0.385. The van der Waals surface area contributed by atoms with Crippen molar-refractivity contribution < 1.29 is 23.8 Å². The number of rotatable bonds is 7. The van der Waals surface area contributed by atoms with Crippen LogP contribution >= 0.6 is 0 Å². The van der Waals surface area contributed by atoms with Crippen molar-refractivity contribution in [3.05, 3.63) is 35.6 Å². The maximum absolute atomic E-state index is 12.9. The molecule has 1 unspecified atom stereocenters. The third-order valence-corrected chi connectivity index (χ3v) is 2.52. The minimum absolute atomic E-state index is 0.0429. The van der Waals surface area contributed by atoms with E-state index in [-0.39, 0.29) is 25.3 Å². The standard InChI is InChI=1S/C13H16FNO4/c1-19-11(7-13(17)18)8-15-12(16)6-9-3-2-4-10(14)5-9/h2-5,11H,6-8H2,1H3,(H,15,16)(H,17,18). The predicted molar refractivity (Wildman–Crippen MR) is 66.2 cm³/mol. The first-order chi connectivity index (χ1) is 9.01. The molecular weight excluding hydrogens is 253 g/mol. The summed E-state index contributed by atoms with van der Waals surface area (Å²) in [5, 5.41) is 11.2. The van der Waals surface area contributed by atoms with Gasteiger partial charge in [0.2, 0.25) is 5.91 Å². The largest absolute Gasteiger partial charge is 0.481 e. The van der Waals surface area contributed by atoms with E-state index in [1.807, 2.05) is 0 Å². The van der Waals surface area contributed by atoms with Crippen LogP contribution in [-0.4, -0.2) is 36.7 Å². The van der Waals surface area contributed by atoms with Crippen molar-refractivity contribution in [2.24, 2.45) is 0 Å². The molecule has 0 saturated heterocycles. The second kappa shape index (κ2) is 7.48. The molecule has 0 aromatic heterocycles. The van der Waals surface area contributed by atoms with Crippen molar-refractivity contribution in [3.63, 3.8) is 0 Å². The quantitative estimate of drug-likeness (QED) is 0.773. The molecule has 0 saturated carbocycles. The average Bonchev–Trinajstić information content (AvgIpc) is 2.34. The van der Waals surface area contributed by atoms with E-state index in [0.29, 0.717) is 5.56 Å². The molecular formula is C13H16FNO4. The third kappa shape index (κ3) is 5.96. The number of amides is 1. The minimum atomic E-state index is -0.994. The number of halogens is 1. The monoisotopic (exact) mass is 269 g/mol. The Morgan fingerprint density at radius 1 is 1.47 bits per heavy atom. The number of carbonyl (C=O) groups is 2. The summed E-state index contributed by atoms with van der Waals surface area (Å²) < 4.78 is 17.8. The molecule has 6 heteroatoms. The van der Waals surface area contributed by atoms with Crippen molar-refractivity contribution in [3.8, 4) is 0 Å². The molecule has 1 aromatic carbocycles. The molecule has 1 aromatic rings. The zero-order valence-electron chi connectivity index (χ0n) is 10.6. The van der Waals surface area contributed by atoms with E-state index in [1.165, 1.54) is 25.3 Å². The van der Waals surface area contributed by atoms with Crippen molar-refractivity contribution in [2.75, 3.05) is 13.7 Å². The van der Waals surface area contributed by atoms with Crippen LogP contribution < -0.4 is 5.32 Å².